The highest BCUT2D eigenvalue weighted by molar-refractivity contribution is 7.86. The standard InChI is InChI=1S/C14H20N6O2S/c1-19(2)23(21,22)20-8-4-11(10-20)9-13-14(16-7-6-15-13)12-3-5-17-18-12/h3,5-7,11H,4,8-10H2,1-2H3,(H,17,18)/t11-/m1/s1. The molecule has 1 fully saturated rings. The average Bonchev–Trinajstić information content (AvgIpc) is 3.19. The molecular weight excluding hydrogens is 316 g/mol. The van der Waals surface area contributed by atoms with E-state index in [1.807, 2.05) is 6.07 Å². The fourth-order valence-electron chi connectivity index (χ4n) is 2.81. The first-order valence-electron chi connectivity index (χ1n) is 7.45. The van der Waals surface area contributed by atoms with E-state index in [0.717, 1.165) is 23.5 Å². The number of rotatable bonds is 5. The summed E-state index contributed by atoms with van der Waals surface area (Å²) in [6, 6.07) is 1.85. The molecule has 1 N–H and O–H groups in total. The zero-order valence-electron chi connectivity index (χ0n) is 13.2. The number of aromatic amines is 1. The average molecular weight is 336 g/mol. The molecule has 8 nitrogen and oxygen atoms in total. The largest absolute Gasteiger partial charge is 0.281 e. The van der Waals surface area contributed by atoms with E-state index in [4.69, 9.17) is 0 Å². The van der Waals surface area contributed by atoms with Crippen LogP contribution in [0, 0.1) is 5.92 Å². The van der Waals surface area contributed by atoms with E-state index in [9.17, 15) is 8.42 Å². The fourth-order valence-corrected chi connectivity index (χ4v) is 4.00. The lowest BCUT2D eigenvalue weighted by molar-refractivity contribution is 0.409. The van der Waals surface area contributed by atoms with Crippen molar-refractivity contribution in [3.63, 3.8) is 0 Å². The van der Waals surface area contributed by atoms with Gasteiger partial charge in [-0.3, -0.25) is 15.1 Å². The zero-order valence-corrected chi connectivity index (χ0v) is 14.0. The molecule has 3 rings (SSSR count). The molecule has 1 saturated heterocycles. The molecule has 2 aromatic rings. The molecule has 124 valence electrons. The van der Waals surface area contributed by atoms with E-state index >= 15 is 0 Å². The molecule has 0 amide bonds. The maximum Gasteiger partial charge on any atom is 0.281 e. The van der Waals surface area contributed by atoms with Gasteiger partial charge in [0.1, 0.15) is 5.69 Å². The van der Waals surface area contributed by atoms with Crippen molar-refractivity contribution in [2.24, 2.45) is 5.92 Å². The second kappa shape index (κ2) is 6.34. The third kappa shape index (κ3) is 3.26. The van der Waals surface area contributed by atoms with Crippen LogP contribution in [0.4, 0.5) is 0 Å². The van der Waals surface area contributed by atoms with Crippen LogP contribution in [-0.4, -0.2) is 64.4 Å². The smallest absolute Gasteiger partial charge is 0.276 e. The molecule has 0 aromatic carbocycles. The molecule has 23 heavy (non-hydrogen) atoms. The summed E-state index contributed by atoms with van der Waals surface area (Å²) in [6.07, 6.45) is 6.51. The summed E-state index contributed by atoms with van der Waals surface area (Å²) in [5.41, 5.74) is 2.47. The highest BCUT2D eigenvalue weighted by Crippen LogP contribution is 2.26. The molecule has 2 aromatic heterocycles. The van der Waals surface area contributed by atoms with Crippen LogP contribution in [-0.2, 0) is 16.6 Å². The highest BCUT2D eigenvalue weighted by atomic mass is 32.2. The van der Waals surface area contributed by atoms with Crippen molar-refractivity contribution in [3.8, 4) is 11.4 Å². The van der Waals surface area contributed by atoms with Crippen LogP contribution in [0.25, 0.3) is 11.4 Å². The SMILES string of the molecule is CN(C)S(=O)(=O)N1CC[C@H](Cc2nccnc2-c2ccn[nH]2)C1. The van der Waals surface area contributed by atoms with Gasteiger partial charge in [-0.1, -0.05) is 0 Å². The number of hydrogen-bond acceptors (Lipinski definition) is 5. The monoisotopic (exact) mass is 336 g/mol. The van der Waals surface area contributed by atoms with Crippen molar-refractivity contribution in [1.82, 2.24) is 28.8 Å². The maximum atomic E-state index is 12.2. The van der Waals surface area contributed by atoms with E-state index in [-0.39, 0.29) is 5.92 Å². The van der Waals surface area contributed by atoms with Crippen molar-refractivity contribution in [1.29, 1.82) is 0 Å². The minimum absolute atomic E-state index is 0.239. The number of H-pyrrole nitrogens is 1. The quantitative estimate of drug-likeness (QED) is 0.860. The van der Waals surface area contributed by atoms with Crippen molar-refractivity contribution in [3.05, 3.63) is 30.4 Å². The molecule has 1 atom stereocenters. The van der Waals surface area contributed by atoms with Gasteiger partial charge < -0.3 is 0 Å². The van der Waals surface area contributed by atoms with Crippen LogP contribution in [0.5, 0.6) is 0 Å². The van der Waals surface area contributed by atoms with Gasteiger partial charge in [0.15, 0.2) is 0 Å². The van der Waals surface area contributed by atoms with Gasteiger partial charge in [-0.2, -0.15) is 22.1 Å². The van der Waals surface area contributed by atoms with Crippen LogP contribution in [0.3, 0.4) is 0 Å². The number of aromatic nitrogens is 4. The molecule has 1 aliphatic heterocycles. The first kappa shape index (κ1) is 16.0. The van der Waals surface area contributed by atoms with E-state index in [2.05, 4.69) is 20.2 Å². The lowest BCUT2D eigenvalue weighted by atomic mass is 10.0. The lowest BCUT2D eigenvalue weighted by Gasteiger charge is -2.20. The molecule has 0 saturated carbocycles. The maximum absolute atomic E-state index is 12.2. The summed E-state index contributed by atoms with van der Waals surface area (Å²) >= 11 is 0. The first-order chi connectivity index (χ1) is 11.0. The van der Waals surface area contributed by atoms with E-state index < -0.39 is 10.2 Å². The Labute approximate surface area is 135 Å². The van der Waals surface area contributed by atoms with Gasteiger partial charge in [0.05, 0.1) is 11.4 Å². The summed E-state index contributed by atoms with van der Waals surface area (Å²) in [6.45, 7) is 1.06. The minimum atomic E-state index is -3.34. The molecular formula is C14H20N6O2S. The minimum Gasteiger partial charge on any atom is -0.276 e. The van der Waals surface area contributed by atoms with Crippen LogP contribution < -0.4 is 0 Å². The third-order valence-electron chi connectivity index (χ3n) is 4.05. The topological polar surface area (TPSA) is 95.1 Å². The highest BCUT2D eigenvalue weighted by Gasteiger charge is 2.33. The molecule has 0 radical (unpaired) electrons. The van der Waals surface area contributed by atoms with Gasteiger partial charge in [0.25, 0.3) is 10.2 Å². The summed E-state index contributed by atoms with van der Waals surface area (Å²) in [5.74, 6) is 0.239. The third-order valence-corrected chi connectivity index (χ3v) is 5.96. The van der Waals surface area contributed by atoms with E-state index in [1.165, 1.54) is 8.61 Å². The van der Waals surface area contributed by atoms with Crippen molar-refractivity contribution in [2.75, 3.05) is 27.2 Å². The Morgan fingerprint density at radius 1 is 1.30 bits per heavy atom. The van der Waals surface area contributed by atoms with E-state index in [1.54, 1.807) is 32.7 Å². The Balaban J connectivity index is 1.75. The summed E-state index contributed by atoms with van der Waals surface area (Å²) in [4.78, 5) is 8.82. The Bertz CT molecular complexity index is 759. The Morgan fingerprint density at radius 2 is 2.09 bits per heavy atom. The fraction of sp³-hybridized carbons (Fsp3) is 0.500. The summed E-state index contributed by atoms with van der Waals surface area (Å²) in [5, 5.41) is 6.85. The Morgan fingerprint density at radius 3 is 2.78 bits per heavy atom. The van der Waals surface area contributed by atoms with Crippen LogP contribution >= 0.6 is 0 Å². The number of hydrogen-bond donors (Lipinski definition) is 1. The van der Waals surface area contributed by atoms with Crippen molar-refractivity contribution < 1.29 is 8.42 Å². The first-order valence-corrected chi connectivity index (χ1v) is 8.85. The van der Waals surface area contributed by atoms with Gasteiger partial charge in [0.2, 0.25) is 0 Å². The molecule has 0 aliphatic carbocycles. The van der Waals surface area contributed by atoms with Crippen LogP contribution in [0.15, 0.2) is 24.7 Å². The number of nitrogens with zero attached hydrogens (tertiary/aromatic N) is 5. The molecule has 3 heterocycles. The van der Waals surface area contributed by atoms with Gasteiger partial charge in [-0.15, -0.1) is 0 Å². The van der Waals surface area contributed by atoms with Crippen molar-refractivity contribution in [2.45, 2.75) is 12.8 Å². The lowest BCUT2D eigenvalue weighted by Crippen LogP contribution is -2.38. The van der Waals surface area contributed by atoms with Gasteiger partial charge >= 0.3 is 0 Å². The van der Waals surface area contributed by atoms with Gasteiger partial charge in [0, 0.05) is 45.8 Å². The second-order valence-electron chi connectivity index (χ2n) is 5.83. The predicted octanol–water partition coefficient (Wildman–Crippen LogP) is 0.537. The molecule has 0 unspecified atom stereocenters. The summed E-state index contributed by atoms with van der Waals surface area (Å²) < 4.78 is 27.2. The predicted molar refractivity (Wildman–Crippen MR) is 85.6 cm³/mol. The molecule has 0 bridgehead atoms. The molecule has 0 spiro atoms. The summed E-state index contributed by atoms with van der Waals surface area (Å²) in [7, 11) is -0.226. The second-order valence-corrected chi connectivity index (χ2v) is 7.97. The normalized spacial score (nSPS) is 19.5. The van der Waals surface area contributed by atoms with Crippen LogP contribution in [0.1, 0.15) is 12.1 Å². The van der Waals surface area contributed by atoms with Gasteiger partial charge in [-0.05, 0) is 24.8 Å². The van der Waals surface area contributed by atoms with Crippen LogP contribution in [0.2, 0.25) is 0 Å². The van der Waals surface area contributed by atoms with E-state index in [0.29, 0.717) is 19.5 Å². The van der Waals surface area contributed by atoms with Gasteiger partial charge in [-0.25, -0.2) is 0 Å². The van der Waals surface area contributed by atoms with Crippen molar-refractivity contribution >= 4 is 10.2 Å². The zero-order chi connectivity index (χ0) is 16.4. The Kier molecular flexibility index (Phi) is 4.42. The molecule has 9 heteroatoms. The Hall–Kier alpha value is -1.84. The number of nitrogens with one attached hydrogen (secondary N) is 1. The molecule has 1 aliphatic rings.